The van der Waals surface area contributed by atoms with Gasteiger partial charge in [0.05, 0.1) is 4.92 Å². The Hall–Kier alpha value is -2.48. The highest BCUT2D eigenvalue weighted by Crippen LogP contribution is 2.19. The molecule has 0 spiro atoms. The number of hydrogen-bond acceptors (Lipinski definition) is 5. The minimum atomic E-state index is -1.02. The van der Waals surface area contributed by atoms with E-state index >= 15 is 0 Å². The number of hydrogen-bond donors (Lipinski definition) is 2. The van der Waals surface area contributed by atoms with E-state index in [9.17, 15) is 19.7 Å². The molecule has 2 heterocycles. The van der Waals surface area contributed by atoms with Crippen LogP contribution in [0.1, 0.15) is 15.4 Å². The van der Waals surface area contributed by atoms with E-state index in [0.29, 0.717) is 0 Å². The third-order valence-corrected chi connectivity index (χ3v) is 3.27. The second-order valence-corrected chi connectivity index (χ2v) is 5.03. The molecule has 0 aliphatic rings. The predicted molar refractivity (Wildman–Crippen MR) is 72.3 cm³/mol. The fourth-order valence-corrected chi connectivity index (χ4v) is 2.29. The van der Waals surface area contributed by atoms with Crippen molar-refractivity contribution >= 4 is 29.2 Å². The SMILES string of the molecule is Cc1ccc(/C=C\c2[nH]c(=O)[nH]c(=O)c2[N+](=O)[O-])s1. The first-order valence-corrected chi connectivity index (χ1v) is 6.04. The molecule has 0 bridgehead atoms. The summed E-state index contributed by atoms with van der Waals surface area (Å²) >= 11 is 1.50. The molecule has 8 heteroatoms. The molecule has 0 aromatic carbocycles. The highest BCUT2D eigenvalue weighted by atomic mass is 32.1. The van der Waals surface area contributed by atoms with Gasteiger partial charge in [-0.05, 0) is 31.2 Å². The Labute approximate surface area is 110 Å². The Balaban J connectivity index is 2.50. The number of thiophene rings is 1. The van der Waals surface area contributed by atoms with Crippen molar-refractivity contribution in [1.82, 2.24) is 9.97 Å². The molecule has 0 unspecified atom stereocenters. The van der Waals surface area contributed by atoms with Gasteiger partial charge in [0.2, 0.25) is 0 Å². The minimum Gasteiger partial charge on any atom is -0.301 e. The molecule has 0 aliphatic heterocycles. The number of nitrogens with zero attached hydrogens (tertiary/aromatic N) is 1. The first-order chi connectivity index (χ1) is 8.97. The highest BCUT2D eigenvalue weighted by Gasteiger charge is 2.18. The summed E-state index contributed by atoms with van der Waals surface area (Å²) < 4.78 is 0. The number of aromatic nitrogens is 2. The van der Waals surface area contributed by atoms with Crippen molar-refractivity contribution in [1.29, 1.82) is 0 Å². The van der Waals surface area contributed by atoms with E-state index in [1.165, 1.54) is 17.4 Å². The van der Waals surface area contributed by atoms with Gasteiger partial charge in [0.15, 0.2) is 0 Å². The van der Waals surface area contributed by atoms with E-state index in [4.69, 9.17) is 0 Å². The van der Waals surface area contributed by atoms with Gasteiger partial charge in [-0.15, -0.1) is 11.3 Å². The third kappa shape index (κ3) is 2.86. The molecule has 0 fully saturated rings. The summed E-state index contributed by atoms with van der Waals surface area (Å²) in [6, 6.07) is 3.74. The van der Waals surface area contributed by atoms with E-state index in [0.717, 1.165) is 9.75 Å². The Morgan fingerprint density at radius 2 is 2.00 bits per heavy atom. The average Bonchev–Trinajstić information content (AvgIpc) is 2.71. The molecule has 2 aromatic rings. The van der Waals surface area contributed by atoms with E-state index in [-0.39, 0.29) is 5.69 Å². The smallest absolute Gasteiger partial charge is 0.301 e. The second kappa shape index (κ2) is 5.02. The Bertz CT molecular complexity index is 769. The van der Waals surface area contributed by atoms with Crippen molar-refractivity contribution in [3.05, 3.63) is 58.5 Å². The Kier molecular flexibility index (Phi) is 3.43. The molecular weight excluding hydrogens is 270 g/mol. The van der Waals surface area contributed by atoms with Crippen LogP contribution in [0.2, 0.25) is 0 Å². The standard InChI is InChI=1S/C11H9N3O4S/c1-6-2-3-7(19-6)4-5-8-9(14(17)18)10(15)13-11(16)12-8/h2-5H,1H3,(H2,12,13,15,16)/b5-4-. The average molecular weight is 279 g/mol. The lowest BCUT2D eigenvalue weighted by atomic mass is 10.3. The summed E-state index contributed by atoms with van der Waals surface area (Å²) in [6.07, 6.45) is 2.95. The Morgan fingerprint density at radius 1 is 1.26 bits per heavy atom. The number of aromatic amines is 2. The topological polar surface area (TPSA) is 109 Å². The van der Waals surface area contributed by atoms with Crippen molar-refractivity contribution < 1.29 is 4.92 Å². The van der Waals surface area contributed by atoms with Gasteiger partial charge in [0.25, 0.3) is 0 Å². The van der Waals surface area contributed by atoms with Gasteiger partial charge in [-0.1, -0.05) is 0 Å². The monoisotopic (exact) mass is 279 g/mol. The van der Waals surface area contributed by atoms with Crippen molar-refractivity contribution in [2.75, 3.05) is 0 Å². The van der Waals surface area contributed by atoms with E-state index < -0.39 is 21.9 Å². The molecule has 7 nitrogen and oxygen atoms in total. The maximum Gasteiger partial charge on any atom is 0.357 e. The fraction of sp³-hybridized carbons (Fsp3) is 0.0909. The summed E-state index contributed by atoms with van der Waals surface area (Å²) in [5.41, 5.74) is -2.60. The first kappa shape index (κ1) is 13.0. The van der Waals surface area contributed by atoms with Gasteiger partial charge in [-0.3, -0.25) is 19.9 Å². The van der Waals surface area contributed by atoms with Crippen LogP contribution in [0.3, 0.4) is 0 Å². The van der Waals surface area contributed by atoms with Crippen molar-refractivity contribution in [2.24, 2.45) is 0 Å². The van der Waals surface area contributed by atoms with E-state index in [2.05, 4.69) is 4.98 Å². The van der Waals surface area contributed by atoms with Gasteiger partial charge >= 0.3 is 16.9 Å². The van der Waals surface area contributed by atoms with Crippen LogP contribution in [0.25, 0.3) is 12.2 Å². The van der Waals surface area contributed by atoms with E-state index in [1.54, 1.807) is 6.08 Å². The van der Waals surface area contributed by atoms with Crippen molar-refractivity contribution in [2.45, 2.75) is 6.92 Å². The first-order valence-electron chi connectivity index (χ1n) is 5.23. The summed E-state index contributed by atoms with van der Waals surface area (Å²) in [5.74, 6) is 0. The zero-order valence-electron chi connectivity index (χ0n) is 9.80. The number of nitro groups is 1. The molecule has 2 rings (SSSR count). The summed E-state index contributed by atoms with van der Waals surface area (Å²) in [5, 5.41) is 10.8. The summed E-state index contributed by atoms with van der Waals surface area (Å²) in [4.78, 5) is 38.5. The number of nitrogens with one attached hydrogen (secondary N) is 2. The van der Waals surface area contributed by atoms with Crippen LogP contribution in [0, 0.1) is 17.0 Å². The lowest BCUT2D eigenvalue weighted by molar-refractivity contribution is -0.386. The van der Waals surface area contributed by atoms with Crippen LogP contribution in [0.15, 0.2) is 21.7 Å². The van der Waals surface area contributed by atoms with Gasteiger partial charge in [0, 0.05) is 9.75 Å². The maximum atomic E-state index is 11.4. The van der Waals surface area contributed by atoms with Crippen LogP contribution in [0.4, 0.5) is 5.69 Å². The van der Waals surface area contributed by atoms with E-state index in [1.807, 2.05) is 24.0 Å². The molecule has 0 radical (unpaired) electrons. The predicted octanol–water partition coefficient (Wildman–Crippen LogP) is 1.51. The fourth-order valence-electron chi connectivity index (χ4n) is 1.51. The normalized spacial score (nSPS) is 11.0. The molecule has 0 saturated heterocycles. The minimum absolute atomic E-state index is 0.121. The van der Waals surface area contributed by atoms with Crippen LogP contribution < -0.4 is 11.2 Å². The van der Waals surface area contributed by atoms with Crippen molar-refractivity contribution in [3.8, 4) is 0 Å². The molecule has 19 heavy (non-hydrogen) atoms. The molecule has 0 amide bonds. The molecule has 2 N–H and O–H groups in total. The molecular formula is C11H9N3O4S. The third-order valence-electron chi connectivity index (χ3n) is 2.30. The lowest BCUT2D eigenvalue weighted by Crippen LogP contribution is -2.25. The summed E-state index contributed by atoms with van der Waals surface area (Å²) in [7, 11) is 0. The van der Waals surface area contributed by atoms with Gasteiger partial charge in [-0.25, -0.2) is 4.79 Å². The van der Waals surface area contributed by atoms with Crippen LogP contribution >= 0.6 is 11.3 Å². The lowest BCUT2D eigenvalue weighted by Gasteiger charge is -1.95. The molecule has 98 valence electrons. The second-order valence-electron chi connectivity index (χ2n) is 3.71. The van der Waals surface area contributed by atoms with Crippen LogP contribution in [-0.2, 0) is 0 Å². The zero-order chi connectivity index (χ0) is 14.0. The zero-order valence-corrected chi connectivity index (χ0v) is 10.6. The number of aryl methyl sites for hydroxylation is 1. The van der Waals surface area contributed by atoms with Crippen molar-refractivity contribution in [3.63, 3.8) is 0 Å². The van der Waals surface area contributed by atoms with Gasteiger partial charge < -0.3 is 4.98 Å². The number of rotatable bonds is 3. The molecule has 0 saturated carbocycles. The van der Waals surface area contributed by atoms with Gasteiger partial charge in [0.1, 0.15) is 5.69 Å². The Morgan fingerprint density at radius 3 is 2.58 bits per heavy atom. The summed E-state index contributed by atoms with van der Waals surface area (Å²) in [6.45, 7) is 1.93. The quantitative estimate of drug-likeness (QED) is 0.655. The number of H-pyrrole nitrogens is 2. The maximum absolute atomic E-state index is 11.4. The molecule has 2 aromatic heterocycles. The van der Waals surface area contributed by atoms with Crippen LogP contribution in [-0.4, -0.2) is 14.9 Å². The largest absolute Gasteiger partial charge is 0.357 e. The van der Waals surface area contributed by atoms with Gasteiger partial charge in [-0.2, -0.15) is 0 Å². The highest BCUT2D eigenvalue weighted by molar-refractivity contribution is 7.12. The molecule has 0 aliphatic carbocycles. The molecule has 0 atom stereocenters. The van der Waals surface area contributed by atoms with Crippen LogP contribution in [0.5, 0.6) is 0 Å².